The minimum Gasteiger partial charge on any atom is -0.393 e. The number of piperidine rings is 2. The van der Waals surface area contributed by atoms with Crippen LogP contribution >= 0.6 is 12.2 Å². The number of thiocarbonyl (C=S) groups is 1. The van der Waals surface area contributed by atoms with Crippen molar-refractivity contribution in [2.24, 2.45) is 23.5 Å². The van der Waals surface area contributed by atoms with Gasteiger partial charge in [-0.3, -0.25) is 4.79 Å². The van der Waals surface area contributed by atoms with Crippen LogP contribution in [-0.4, -0.2) is 53.4 Å². The number of carbonyl (C=O) groups excluding carboxylic acids is 1. The van der Waals surface area contributed by atoms with Gasteiger partial charge in [0.25, 0.3) is 0 Å². The number of rotatable bonds is 3. The molecule has 3 atom stereocenters. The van der Waals surface area contributed by atoms with E-state index in [2.05, 4.69) is 11.9 Å². The molecule has 2 fully saturated rings. The number of nitrogens with two attached hydrogens (primary N) is 1. The lowest BCUT2D eigenvalue weighted by Gasteiger charge is -2.46. The summed E-state index contributed by atoms with van der Waals surface area (Å²) in [5.74, 6) is 0.624. The first-order valence-corrected chi connectivity index (χ1v) is 8.11. The van der Waals surface area contributed by atoms with Crippen LogP contribution in [0.1, 0.15) is 33.1 Å². The third-order valence-corrected chi connectivity index (χ3v) is 5.15. The van der Waals surface area contributed by atoms with Gasteiger partial charge in [0.15, 0.2) is 0 Å². The molecule has 114 valence electrons. The van der Waals surface area contributed by atoms with Crippen LogP contribution in [0.25, 0.3) is 0 Å². The Labute approximate surface area is 127 Å². The van der Waals surface area contributed by atoms with Crippen LogP contribution in [-0.2, 0) is 4.79 Å². The second kappa shape index (κ2) is 6.39. The van der Waals surface area contributed by atoms with Gasteiger partial charge < -0.3 is 15.5 Å². The lowest BCUT2D eigenvalue weighted by Crippen LogP contribution is -2.56. The van der Waals surface area contributed by atoms with E-state index in [-0.39, 0.29) is 17.7 Å². The van der Waals surface area contributed by atoms with Crippen molar-refractivity contribution in [1.82, 2.24) is 9.80 Å². The van der Waals surface area contributed by atoms with Crippen molar-refractivity contribution in [2.45, 2.75) is 39.2 Å². The Kier molecular flexibility index (Phi) is 5.02. The minimum atomic E-state index is -0.303. The highest BCUT2D eigenvalue weighted by Gasteiger charge is 2.38. The second-order valence-electron chi connectivity index (χ2n) is 6.65. The Bertz CT molecular complexity index is 385. The molecule has 0 spiro atoms. The van der Waals surface area contributed by atoms with Gasteiger partial charge in [-0.05, 0) is 44.7 Å². The van der Waals surface area contributed by atoms with E-state index in [0.717, 1.165) is 19.5 Å². The van der Waals surface area contributed by atoms with Gasteiger partial charge in [0.1, 0.15) is 0 Å². The normalized spacial score (nSPS) is 29.1. The summed E-state index contributed by atoms with van der Waals surface area (Å²) in [4.78, 5) is 17.5. The molecule has 2 aliphatic heterocycles. The largest absolute Gasteiger partial charge is 0.393 e. The summed E-state index contributed by atoms with van der Waals surface area (Å²) in [6, 6.07) is 0.648. The maximum absolute atomic E-state index is 12.7. The van der Waals surface area contributed by atoms with Gasteiger partial charge in [-0.2, -0.15) is 0 Å². The molecule has 0 aliphatic carbocycles. The molecule has 0 bridgehead atoms. The zero-order chi connectivity index (χ0) is 14.9. The van der Waals surface area contributed by atoms with Crippen LogP contribution < -0.4 is 5.73 Å². The summed E-state index contributed by atoms with van der Waals surface area (Å²) in [5.41, 5.74) is 5.77. The van der Waals surface area contributed by atoms with Crippen molar-refractivity contribution in [3.05, 3.63) is 0 Å². The van der Waals surface area contributed by atoms with Crippen LogP contribution in [0.5, 0.6) is 0 Å². The number of amides is 1. The van der Waals surface area contributed by atoms with E-state index in [4.69, 9.17) is 18.0 Å². The fraction of sp³-hybridized carbons (Fsp3) is 0.867. The van der Waals surface area contributed by atoms with Crippen molar-refractivity contribution in [1.29, 1.82) is 0 Å². The number of likely N-dealkylation sites (tertiary alicyclic amines) is 2. The summed E-state index contributed by atoms with van der Waals surface area (Å²) in [7, 11) is 2.21. The standard InChI is InChI=1S/C15H27N3OS/c1-10(2)13(14(16)20)15(19)18-8-6-12-11(9-18)5-4-7-17(12)3/h10-13H,4-9H2,1-3H3,(H2,16,20). The summed E-state index contributed by atoms with van der Waals surface area (Å²) >= 11 is 5.09. The summed E-state index contributed by atoms with van der Waals surface area (Å²) in [6.07, 6.45) is 3.55. The third-order valence-electron chi connectivity index (χ3n) is 4.90. The average Bonchev–Trinajstić information content (AvgIpc) is 2.37. The van der Waals surface area contributed by atoms with Crippen molar-refractivity contribution in [3.63, 3.8) is 0 Å². The van der Waals surface area contributed by atoms with E-state index in [1.165, 1.54) is 19.4 Å². The molecule has 20 heavy (non-hydrogen) atoms. The van der Waals surface area contributed by atoms with Gasteiger partial charge >= 0.3 is 0 Å². The highest BCUT2D eigenvalue weighted by atomic mass is 32.1. The summed E-state index contributed by atoms with van der Waals surface area (Å²) < 4.78 is 0. The predicted molar refractivity (Wildman–Crippen MR) is 85.5 cm³/mol. The molecule has 0 aromatic heterocycles. The van der Waals surface area contributed by atoms with Gasteiger partial charge in [-0.25, -0.2) is 0 Å². The molecule has 3 unspecified atom stereocenters. The van der Waals surface area contributed by atoms with E-state index in [9.17, 15) is 4.79 Å². The molecule has 2 N–H and O–H groups in total. The maximum Gasteiger partial charge on any atom is 0.232 e. The lowest BCUT2D eigenvalue weighted by molar-refractivity contribution is -0.138. The summed E-state index contributed by atoms with van der Waals surface area (Å²) in [5, 5.41) is 0. The molecular formula is C15H27N3OS. The molecule has 2 saturated heterocycles. The first-order valence-electron chi connectivity index (χ1n) is 7.70. The van der Waals surface area contributed by atoms with Crippen LogP contribution in [0, 0.1) is 17.8 Å². The Balaban J connectivity index is 2.04. The number of hydrogen-bond donors (Lipinski definition) is 1. The molecule has 2 rings (SSSR count). The Morgan fingerprint density at radius 3 is 2.60 bits per heavy atom. The zero-order valence-corrected chi connectivity index (χ0v) is 13.7. The van der Waals surface area contributed by atoms with E-state index >= 15 is 0 Å². The molecule has 0 aromatic rings. The first kappa shape index (κ1) is 15.7. The summed E-state index contributed by atoms with van der Waals surface area (Å²) in [6.45, 7) is 6.94. The lowest BCUT2D eigenvalue weighted by atomic mass is 9.83. The Morgan fingerprint density at radius 2 is 2.00 bits per heavy atom. The van der Waals surface area contributed by atoms with E-state index in [0.29, 0.717) is 16.9 Å². The van der Waals surface area contributed by atoms with Gasteiger partial charge in [0.05, 0.1) is 10.9 Å². The van der Waals surface area contributed by atoms with E-state index in [1.807, 2.05) is 18.7 Å². The van der Waals surface area contributed by atoms with Crippen LogP contribution in [0.2, 0.25) is 0 Å². The fourth-order valence-electron chi connectivity index (χ4n) is 3.78. The topological polar surface area (TPSA) is 49.6 Å². The van der Waals surface area contributed by atoms with Crippen molar-refractivity contribution in [3.8, 4) is 0 Å². The van der Waals surface area contributed by atoms with E-state index < -0.39 is 0 Å². The monoisotopic (exact) mass is 297 g/mol. The first-order chi connectivity index (χ1) is 9.41. The SMILES string of the molecule is CC(C)C(C(=O)N1CCC2C(CCCN2C)C1)C(N)=S. The molecule has 4 nitrogen and oxygen atoms in total. The zero-order valence-electron chi connectivity index (χ0n) is 12.8. The Morgan fingerprint density at radius 1 is 1.30 bits per heavy atom. The van der Waals surface area contributed by atoms with E-state index in [1.54, 1.807) is 0 Å². The fourth-order valence-corrected chi connectivity index (χ4v) is 4.16. The molecule has 5 heteroatoms. The maximum atomic E-state index is 12.7. The highest BCUT2D eigenvalue weighted by Crippen LogP contribution is 2.30. The van der Waals surface area contributed by atoms with Crippen molar-refractivity contribution in [2.75, 3.05) is 26.7 Å². The molecular weight excluding hydrogens is 270 g/mol. The molecule has 0 radical (unpaired) electrons. The highest BCUT2D eigenvalue weighted by molar-refractivity contribution is 7.80. The van der Waals surface area contributed by atoms with Crippen molar-refractivity contribution < 1.29 is 4.79 Å². The number of fused-ring (bicyclic) bond motifs is 1. The van der Waals surface area contributed by atoms with Gasteiger partial charge in [0, 0.05) is 19.1 Å². The van der Waals surface area contributed by atoms with Gasteiger partial charge in [0.2, 0.25) is 5.91 Å². The predicted octanol–water partition coefficient (Wildman–Crippen LogP) is 1.49. The number of nitrogens with zero attached hydrogens (tertiary/aromatic N) is 2. The molecule has 0 saturated carbocycles. The molecule has 2 aliphatic rings. The van der Waals surface area contributed by atoms with Crippen LogP contribution in [0.4, 0.5) is 0 Å². The number of hydrogen-bond acceptors (Lipinski definition) is 3. The van der Waals surface area contributed by atoms with Crippen LogP contribution in [0.15, 0.2) is 0 Å². The van der Waals surface area contributed by atoms with Crippen molar-refractivity contribution >= 4 is 23.1 Å². The average molecular weight is 297 g/mol. The van der Waals surface area contributed by atoms with Gasteiger partial charge in [-0.1, -0.05) is 26.1 Å². The van der Waals surface area contributed by atoms with Crippen LogP contribution in [0.3, 0.4) is 0 Å². The molecule has 0 aromatic carbocycles. The smallest absolute Gasteiger partial charge is 0.232 e. The molecule has 2 heterocycles. The quantitative estimate of drug-likeness (QED) is 0.802. The Hall–Kier alpha value is -0.680. The third kappa shape index (κ3) is 3.14. The minimum absolute atomic E-state index is 0.138. The number of carbonyl (C=O) groups is 1. The second-order valence-corrected chi connectivity index (χ2v) is 7.12. The van der Waals surface area contributed by atoms with Gasteiger partial charge in [-0.15, -0.1) is 0 Å². The molecule has 1 amide bonds.